The van der Waals surface area contributed by atoms with Gasteiger partial charge in [-0.2, -0.15) is 0 Å². The lowest BCUT2D eigenvalue weighted by molar-refractivity contribution is 0.627. The molecule has 4 heteroatoms. The Labute approximate surface area is 86.8 Å². The van der Waals surface area contributed by atoms with Gasteiger partial charge in [-0.15, -0.1) is 0 Å². The molecule has 76 valence electrons. The number of nitrogens with zero attached hydrogens (tertiary/aromatic N) is 2. The fraction of sp³-hybridized carbons (Fsp3) is 0.0909. The standard InChI is InChI=1S/C11H10FN3/c1-7-2-8(4-9(12)3-7)10-5-11(13)15-6-14-10/h2-6H,1H3,(H2,13,14,15). The molecule has 15 heavy (non-hydrogen) atoms. The van der Waals surface area contributed by atoms with Gasteiger partial charge in [-0.3, -0.25) is 0 Å². The number of rotatable bonds is 1. The van der Waals surface area contributed by atoms with Crippen LogP contribution in [-0.4, -0.2) is 9.97 Å². The molecule has 0 fully saturated rings. The third-order valence-electron chi connectivity index (χ3n) is 2.03. The Bertz CT molecular complexity index is 477. The van der Waals surface area contributed by atoms with Crippen molar-refractivity contribution < 1.29 is 4.39 Å². The highest BCUT2D eigenvalue weighted by atomic mass is 19.1. The molecule has 0 amide bonds. The van der Waals surface area contributed by atoms with Crippen molar-refractivity contribution in [2.24, 2.45) is 0 Å². The van der Waals surface area contributed by atoms with Crippen LogP contribution in [0.1, 0.15) is 5.56 Å². The molecule has 3 nitrogen and oxygen atoms in total. The molecular weight excluding hydrogens is 193 g/mol. The zero-order valence-electron chi connectivity index (χ0n) is 8.24. The number of aryl methyl sites for hydroxylation is 1. The van der Waals surface area contributed by atoms with Crippen LogP contribution in [0.3, 0.4) is 0 Å². The quantitative estimate of drug-likeness (QED) is 0.772. The second-order valence-electron chi connectivity index (χ2n) is 3.35. The molecular formula is C11H10FN3. The maximum absolute atomic E-state index is 13.1. The fourth-order valence-corrected chi connectivity index (χ4v) is 1.41. The number of anilines is 1. The molecule has 0 atom stereocenters. The Morgan fingerprint density at radius 3 is 2.60 bits per heavy atom. The molecule has 1 aromatic heterocycles. The number of nitrogen functional groups attached to an aromatic ring is 1. The van der Waals surface area contributed by atoms with Crippen LogP contribution >= 0.6 is 0 Å². The lowest BCUT2D eigenvalue weighted by Crippen LogP contribution is -1.93. The summed E-state index contributed by atoms with van der Waals surface area (Å²) >= 11 is 0. The molecule has 0 aliphatic carbocycles. The first kappa shape index (κ1) is 9.58. The molecule has 2 N–H and O–H groups in total. The van der Waals surface area contributed by atoms with E-state index in [4.69, 9.17) is 5.73 Å². The highest BCUT2D eigenvalue weighted by Crippen LogP contribution is 2.20. The Hall–Kier alpha value is -1.97. The fourth-order valence-electron chi connectivity index (χ4n) is 1.41. The van der Waals surface area contributed by atoms with E-state index >= 15 is 0 Å². The van der Waals surface area contributed by atoms with Crippen molar-refractivity contribution in [2.45, 2.75) is 6.92 Å². The normalized spacial score (nSPS) is 10.3. The van der Waals surface area contributed by atoms with Crippen LogP contribution < -0.4 is 5.73 Å². The minimum atomic E-state index is -0.276. The topological polar surface area (TPSA) is 51.8 Å². The number of nitrogens with two attached hydrogens (primary N) is 1. The summed E-state index contributed by atoms with van der Waals surface area (Å²) in [4.78, 5) is 7.82. The first-order valence-corrected chi connectivity index (χ1v) is 4.50. The van der Waals surface area contributed by atoms with Crippen molar-refractivity contribution >= 4 is 5.82 Å². The van der Waals surface area contributed by atoms with Crippen molar-refractivity contribution in [1.29, 1.82) is 0 Å². The summed E-state index contributed by atoms with van der Waals surface area (Å²) in [6.45, 7) is 1.83. The summed E-state index contributed by atoms with van der Waals surface area (Å²) in [7, 11) is 0. The molecule has 0 saturated carbocycles. The van der Waals surface area contributed by atoms with E-state index in [2.05, 4.69) is 9.97 Å². The SMILES string of the molecule is Cc1cc(F)cc(-c2cc(N)ncn2)c1. The van der Waals surface area contributed by atoms with Gasteiger partial charge in [0.15, 0.2) is 0 Å². The van der Waals surface area contributed by atoms with E-state index < -0.39 is 0 Å². The second kappa shape index (κ2) is 3.65. The van der Waals surface area contributed by atoms with Crippen LogP contribution in [0.2, 0.25) is 0 Å². The third-order valence-corrected chi connectivity index (χ3v) is 2.03. The third kappa shape index (κ3) is 2.10. The van der Waals surface area contributed by atoms with Crippen LogP contribution in [0, 0.1) is 12.7 Å². The summed E-state index contributed by atoms with van der Waals surface area (Å²) in [5.41, 5.74) is 7.72. The van der Waals surface area contributed by atoms with Crippen molar-refractivity contribution in [3.63, 3.8) is 0 Å². The van der Waals surface area contributed by atoms with Crippen LogP contribution in [0.25, 0.3) is 11.3 Å². The first-order valence-electron chi connectivity index (χ1n) is 4.50. The van der Waals surface area contributed by atoms with Crippen LogP contribution in [0.15, 0.2) is 30.6 Å². The predicted octanol–water partition coefficient (Wildman–Crippen LogP) is 2.17. The van der Waals surface area contributed by atoms with E-state index in [-0.39, 0.29) is 5.82 Å². The summed E-state index contributed by atoms with van der Waals surface area (Å²) in [5, 5.41) is 0. The molecule has 0 aliphatic rings. The summed E-state index contributed by atoms with van der Waals surface area (Å²) in [6.07, 6.45) is 1.37. The molecule has 2 rings (SSSR count). The van der Waals surface area contributed by atoms with Crippen molar-refractivity contribution in [2.75, 3.05) is 5.73 Å². The van der Waals surface area contributed by atoms with E-state index in [0.717, 1.165) is 5.56 Å². The van der Waals surface area contributed by atoms with E-state index in [9.17, 15) is 4.39 Å². The van der Waals surface area contributed by atoms with E-state index in [0.29, 0.717) is 17.1 Å². The van der Waals surface area contributed by atoms with Gasteiger partial charge in [0.25, 0.3) is 0 Å². The molecule has 0 bridgehead atoms. The molecule has 2 aromatic rings. The Kier molecular flexibility index (Phi) is 2.33. The monoisotopic (exact) mass is 203 g/mol. The van der Waals surface area contributed by atoms with Crippen molar-refractivity contribution in [3.05, 3.63) is 42.0 Å². The number of aromatic nitrogens is 2. The summed E-state index contributed by atoms with van der Waals surface area (Å²) < 4.78 is 13.1. The lowest BCUT2D eigenvalue weighted by Gasteiger charge is -2.03. The highest BCUT2D eigenvalue weighted by molar-refractivity contribution is 5.62. The van der Waals surface area contributed by atoms with Gasteiger partial charge >= 0.3 is 0 Å². The lowest BCUT2D eigenvalue weighted by atomic mass is 10.1. The number of hydrogen-bond donors (Lipinski definition) is 1. The van der Waals surface area contributed by atoms with E-state index in [1.165, 1.54) is 18.5 Å². The molecule has 1 aromatic carbocycles. The van der Waals surface area contributed by atoms with Gasteiger partial charge in [0, 0.05) is 11.6 Å². The first-order chi connectivity index (χ1) is 7.15. The van der Waals surface area contributed by atoms with Gasteiger partial charge in [-0.25, -0.2) is 14.4 Å². The van der Waals surface area contributed by atoms with Crippen molar-refractivity contribution in [3.8, 4) is 11.3 Å². The van der Waals surface area contributed by atoms with Crippen LogP contribution in [0.4, 0.5) is 10.2 Å². The summed E-state index contributed by atoms with van der Waals surface area (Å²) in [6, 6.07) is 6.36. The number of benzene rings is 1. The minimum Gasteiger partial charge on any atom is -0.384 e. The minimum absolute atomic E-state index is 0.276. The van der Waals surface area contributed by atoms with Crippen LogP contribution in [-0.2, 0) is 0 Å². The largest absolute Gasteiger partial charge is 0.384 e. The zero-order valence-corrected chi connectivity index (χ0v) is 8.24. The van der Waals surface area contributed by atoms with E-state index in [1.54, 1.807) is 6.07 Å². The molecule has 0 radical (unpaired) electrons. The molecule has 0 spiro atoms. The highest BCUT2D eigenvalue weighted by Gasteiger charge is 2.03. The van der Waals surface area contributed by atoms with Gasteiger partial charge in [-0.1, -0.05) is 0 Å². The van der Waals surface area contributed by atoms with Gasteiger partial charge in [-0.05, 0) is 30.7 Å². The second-order valence-corrected chi connectivity index (χ2v) is 3.35. The van der Waals surface area contributed by atoms with Crippen LogP contribution in [0.5, 0.6) is 0 Å². The van der Waals surface area contributed by atoms with Crippen molar-refractivity contribution in [1.82, 2.24) is 9.97 Å². The van der Waals surface area contributed by atoms with Gasteiger partial charge in [0.05, 0.1) is 5.69 Å². The number of halogens is 1. The smallest absolute Gasteiger partial charge is 0.127 e. The van der Waals surface area contributed by atoms with E-state index in [1.807, 2.05) is 13.0 Å². The molecule has 0 aliphatic heterocycles. The van der Waals surface area contributed by atoms with Gasteiger partial charge in [0.2, 0.25) is 0 Å². The average Bonchev–Trinajstić information content (AvgIpc) is 2.16. The molecule has 0 saturated heterocycles. The Morgan fingerprint density at radius 2 is 1.93 bits per heavy atom. The maximum Gasteiger partial charge on any atom is 0.127 e. The molecule has 1 heterocycles. The predicted molar refractivity (Wildman–Crippen MR) is 56.6 cm³/mol. The molecule has 0 unspecified atom stereocenters. The average molecular weight is 203 g/mol. The summed E-state index contributed by atoms with van der Waals surface area (Å²) in [5.74, 6) is 0.101. The van der Waals surface area contributed by atoms with Gasteiger partial charge < -0.3 is 5.73 Å². The zero-order chi connectivity index (χ0) is 10.8. The Morgan fingerprint density at radius 1 is 1.13 bits per heavy atom. The number of hydrogen-bond acceptors (Lipinski definition) is 3. The Balaban J connectivity index is 2.54. The van der Waals surface area contributed by atoms with Gasteiger partial charge in [0.1, 0.15) is 18.0 Å². The maximum atomic E-state index is 13.1.